The Hall–Kier alpha value is -2.41. The SMILES string of the molecule is O=C([O-])c1cc(S(=O)(=O)Nc2ccc3c(c2)CCC3)ccc1F. The number of carboxylic acid groups (broad SMARTS) is 1. The molecule has 5 nitrogen and oxygen atoms in total. The zero-order valence-electron chi connectivity index (χ0n) is 12.0. The Morgan fingerprint density at radius 1 is 1.09 bits per heavy atom. The highest BCUT2D eigenvalue weighted by Crippen LogP contribution is 2.26. The topological polar surface area (TPSA) is 86.3 Å². The molecule has 0 heterocycles. The van der Waals surface area contributed by atoms with Gasteiger partial charge in [0, 0.05) is 11.3 Å². The highest BCUT2D eigenvalue weighted by atomic mass is 32.2. The second-order valence-electron chi connectivity index (χ2n) is 5.37. The van der Waals surface area contributed by atoms with Crippen molar-refractivity contribution >= 4 is 21.7 Å². The van der Waals surface area contributed by atoms with Crippen LogP contribution in [0, 0.1) is 5.82 Å². The fourth-order valence-corrected chi connectivity index (χ4v) is 3.75. The molecule has 1 N–H and O–H groups in total. The Bertz CT molecular complexity index is 893. The number of aromatic carboxylic acids is 1. The van der Waals surface area contributed by atoms with Crippen LogP contribution in [-0.2, 0) is 22.9 Å². The van der Waals surface area contributed by atoms with E-state index in [0.717, 1.165) is 43.0 Å². The summed E-state index contributed by atoms with van der Waals surface area (Å²) in [6.07, 6.45) is 2.92. The first kappa shape index (κ1) is 15.5. The zero-order chi connectivity index (χ0) is 16.6. The third-order valence-electron chi connectivity index (χ3n) is 3.82. The van der Waals surface area contributed by atoms with Crippen molar-refractivity contribution in [3.8, 4) is 0 Å². The first-order valence-corrected chi connectivity index (χ1v) is 8.51. The van der Waals surface area contributed by atoms with Crippen molar-refractivity contribution in [3.63, 3.8) is 0 Å². The molecule has 0 saturated carbocycles. The molecule has 0 amide bonds. The summed E-state index contributed by atoms with van der Waals surface area (Å²) in [7, 11) is -4.01. The van der Waals surface area contributed by atoms with Crippen LogP contribution in [0.1, 0.15) is 27.9 Å². The molecular weight excluding hydrogens is 321 g/mol. The fourth-order valence-electron chi connectivity index (χ4n) is 2.68. The minimum absolute atomic E-state index is 0.335. The Morgan fingerprint density at radius 2 is 1.83 bits per heavy atom. The number of sulfonamides is 1. The van der Waals surface area contributed by atoms with Gasteiger partial charge in [0.25, 0.3) is 10.0 Å². The Morgan fingerprint density at radius 3 is 2.57 bits per heavy atom. The summed E-state index contributed by atoms with van der Waals surface area (Å²) in [5, 5.41) is 10.8. The number of carbonyl (C=O) groups excluding carboxylic acids is 1. The van der Waals surface area contributed by atoms with Crippen LogP contribution in [0.4, 0.5) is 10.1 Å². The number of anilines is 1. The van der Waals surface area contributed by atoms with Gasteiger partial charge < -0.3 is 9.90 Å². The molecule has 0 aromatic heterocycles. The lowest BCUT2D eigenvalue weighted by molar-refractivity contribution is -0.255. The summed E-state index contributed by atoms with van der Waals surface area (Å²) >= 11 is 0. The van der Waals surface area contributed by atoms with Gasteiger partial charge in [0.05, 0.1) is 10.9 Å². The van der Waals surface area contributed by atoms with Gasteiger partial charge in [0.2, 0.25) is 0 Å². The molecule has 2 aromatic rings. The molecule has 0 aliphatic heterocycles. The van der Waals surface area contributed by atoms with E-state index in [0.29, 0.717) is 5.69 Å². The number of carbonyl (C=O) groups is 1. The first-order valence-electron chi connectivity index (χ1n) is 7.02. The predicted octanol–water partition coefficient (Wildman–Crippen LogP) is 1.48. The van der Waals surface area contributed by atoms with E-state index in [1.54, 1.807) is 12.1 Å². The van der Waals surface area contributed by atoms with Crippen LogP contribution in [0.15, 0.2) is 41.3 Å². The summed E-state index contributed by atoms with van der Waals surface area (Å²) in [5.41, 5.74) is 1.90. The van der Waals surface area contributed by atoms with Crippen molar-refractivity contribution in [2.45, 2.75) is 24.2 Å². The summed E-state index contributed by atoms with van der Waals surface area (Å²) in [6.45, 7) is 0. The van der Waals surface area contributed by atoms with E-state index in [4.69, 9.17) is 0 Å². The normalized spacial score (nSPS) is 13.6. The Kier molecular flexibility index (Phi) is 3.81. The third kappa shape index (κ3) is 3.05. The second kappa shape index (κ2) is 5.66. The first-order chi connectivity index (χ1) is 10.9. The minimum Gasteiger partial charge on any atom is -0.545 e. The van der Waals surface area contributed by atoms with Crippen molar-refractivity contribution < 1.29 is 22.7 Å². The van der Waals surface area contributed by atoms with Gasteiger partial charge in [0.1, 0.15) is 5.82 Å². The van der Waals surface area contributed by atoms with Crippen molar-refractivity contribution in [2.75, 3.05) is 4.72 Å². The second-order valence-corrected chi connectivity index (χ2v) is 7.05. The number of nitrogens with one attached hydrogen (secondary N) is 1. The predicted molar refractivity (Wildman–Crippen MR) is 80.0 cm³/mol. The number of benzene rings is 2. The third-order valence-corrected chi connectivity index (χ3v) is 5.20. The molecule has 1 aliphatic rings. The van der Waals surface area contributed by atoms with E-state index in [1.807, 2.05) is 6.07 Å². The van der Waals surface area contributed by atoms with Crippen LogP contribution in [0.5, 0.6) is 0 Å². The highest BCUT2D eigenvalue weighted by Gasteiger charge is 2.18. The number of hydrogen-bond donors (Lipinski definition) is 1. The van der Waals surface area contributed by atoms with Crippen LogP contribution < -0.4 is 9.83 Å². The van der Waals surface area contributed by atoms with Crippen LogP contribution in [0.2, 0.25) is 0 Å². The quantitative estimate of drug-likeness (QED) is 0.917. The summed E-state index contributed by atoms with van der Waals surface area (Å²) < 4.78 is 40.4. The molecule has 0 bridgehead atoms. The lowest BCUT2D eigenvalue weighted by Gasteiger charge is -2.11. The van der Waals surface area contributed by atoms with E-state index >= 15 is 0 Å². The van der Waals surface area contributed by atoms with E-state index in [1.165, 1.54) is 5.56 Å². The number of halogens is 1. The van der Waals surface area contributed by atoms with Crippen LogP contribution in [0.3, 0.4) is 0 Å². The van der Waals surface area contributed by atoms with E-state index in [-0.39, 0.29) is 4.90 Å². The van der Waals surface area contributed by atoms with Crippen molar-refractivity contribution in [2.24, 2.45) is 0 Å². The van der Waals surface area contributed by atoms with Gasteiger partial charge in [-0.05, 0) is 60.7 Å². The Balaban J connectivity index is 1.93. The van der Waals surface area contributed by atoms with Crippen LogP contribution in [-0.4, -0.2) is 14.4 Å². The van der Waals surface area contributed by atoms with Crippen molar-refractivity contribution in [1.82, 2.24) is 0 Å². The van der Waals surface area contributed by atoms with Gasteiger partial charge in [-0.1, -0.05) is 6.07 Å². The van der Waals surface area contributed by atoms with Gasteiger partial charge >= 0.3 is 0 Å². The lowest BCUT2D eigenvalue weighted by atomic mass is 10.1. The molecule has 23 heavy (non-hydrogen) atoms. The van der Waals surface area contributed by atoms with Crippen LogP contribution in [0.25, 0.3) is 0 Å². The molecule has 3 rings (SSSR count). The standard InChI is InChI=1S/C16H14FNO4S/c17-15-7-6-13(9-14(15)16(19)20)23(21,22)18-12-5-4-10-2-1-3-11(10)8-12/h4-9,18H,1-3H2,(H,19,20)/p-1. The Labute approximate surface area is 132 Å². The largest absolute Gasteiger partial charge is 0.545 e. The minimum atomic E-state index is -4.01. The molecule has 0 radical (unpaired) electrons. The zero-order valence-corrected chi connectivity index (χ0v) is 12.8. The summed E-state index contributed by atoms with van der Waals surface area (Å²) in [5.74, 6) is -2.81. The molecule has 0 spiro atoms. The van der Waals surface area contributed by atoms with Crippen LogP contribution >= 0.6 is 0 Å². The molecule has 120 valence electrons. The molecular formula is C16H13FNO4S-. The summed E-state index contributed by atoms with van der Waals surface area (Å²) in [4.78, 5) is 10.5. The number of carboxylic acids is 1. The van der Waals surface area contributed by atoms with Gasteiger partial charge in [0.15, 0.2) is 0 Å². The molecule has 0 unspecified atom stereocenters. The van der Waals surface area contributed by atoms with Gasteiger partial charge in [-0.15, -0.1) is 0 Å². The van der Waals surface area contributed by atoms with E-state index in [2.05, 4.69) is 4.72 Å². The van der Waals surface area contributed by atoms with E-state index in [9.17, 15) is 22.7 Å². The maximum atomic E-state index is 13.3. The number of rotatable bonds is 4. The molecule has 0 saturated heterocycles. The number of hydrogen-bond acceptors (Lipinski definition) is 4. The van der Waals surface area contributed by atoms with Gasteiger partial charge in [-0.2, -0.15) is 0 Å². The molecule has 7 heteroatoms. The number of fused-ring (bicyclic) bond motifs is 1. The molecule has 1 aliphatic carbocycles. The maximum absolute atomic E-state index is 13.3. The van der Waals surface area contributed by atoms with E-state index < -0.39 is 27.4 Å². The monoisotopic (exact) mass is 334 g/mol. The van der Waals surface area contributed by atoms with Crippen molar-refractivity contribution in [1.29, 1.82) is 0 Å². The molecule has 2 aromatic carbocycles. The van der Waals surface area contributed by atoms with Gasteiger partial charge in [-0.25, -0.2) is 12.8 Å². The molecule has 0 fully saturated rings. The van der Waals surface area contributed by atoms with Gasteiger partial charge in [-0.3, -0.25) is 4.72 Å². The smallest absolute Gasteiger partial charge is 0.261 e. The summed E-state index contributed by atoms with van der Waals surface area (Å²) in [6, 6.07) is 7.85. The fraction of sp³-hybridized carbons (Fsp3) is 0.188. The maximum Gasteiger partial charge on any atom is 0.261 e. The lowest BCUT2D eigenvalue weighted by Crippen LogP contribution is -2.24. The molecule has 0 atom stereocenters. The average Bonchev–Trinajstić information content (AvgIpc) is 2.94. The average molecular weight is 334 g/mol. The number of aryl methyl sites for hydroxylation is 2. The highest BCUT2D eigenvalue weighted by molar-refractivity contribution is 7.92. The van der Waals surface area contributed by atoms with Crippen molar-refractivity contribution in [3.05, 3.63) is 58.9 Å².